The van der Waals surface area contributed by atoms with Crippen LogP contribution in [0.3, 0.4) is 0 Å². The summed E-state index contributed by atoms with van der Waals surface area (Å²) < 4.78 is 10.8. The number of nitrogens with zero attached hydrogens (tertiary/aromatic N) is 2. The number of likely N-dealkylation sites (tertiary alicyclic amines) is 1. The first-order valence-electron chi connectivity index (χ1n) is 7.03. The average Bonchev–Trinajstić information content (AvgIpc) is 3.09. The first kappa shape index (κ1) is 13.6. The number of rotatable bonds is 2. The van der Waals surface area contributed by atoms with Gasteiger partial charge in [0.25, 0.3) is 0 Å². The lowest BCUT2D eigenvalue weighted by molar-refractivity contribution is -0.130. The van der Waals surface area contributed by atoms with Gasteiger partial charge in [0.1, 0.15) is 17.5 Å². The summed E-state index contributed by atoms with van der Waals surface area (Å²) in [5.74, 6) is 0.674. The van der Waals surface area contributed by atoms with Gasteiger partial charge in [0.15, 0.2) is 0 Å². The van der Waals surface area contributed by atoms with Crippen molar-refractivity contribution >= 4 is 5.91 Å². The third-order valence-electron chi connectivity index (χ3n) is 4.45. The molecule has 6 heteroatoms. The van der Waals surface area contributed by atoms with Crippen LogP contribution in [-0.4, -0.2) is 52.5 Å². The molecule has 2 aliphatic rings. The maximum Gasteiger partial charge on any atom is 0.227 e. The Morgan fingerprint density at radius 2 is 2.35 bits per heavy atom. The lowest BCUT2D eigenvalue weighted by Crippen LogP contribution is -2.41. The van der Waals surface area contributed by atoms with E-state index in [9.17, 15) is 9.90 Å². The fraction of sp³-hybridized carbons (Fsp3) is 0.714. The lowest BCUT2D eigenvalue weighted by atomic mass is 9.97. The van der Waals surface area contributed by atoms with E-state index in [2.05, 4.69) is 5.16 Å². The number of β-amino-alcohol motifs (C(OH)–C–C–N with tert-alkyl or cyclic N) is 1. The van der Waals surface area contributed by atoms with Gasteiger partial charge in [-0.05, 0) is 26.7 Å². The fourth-order valence-corrected chi connectivity index (χ4v) is 3.18. The van der Waals surface area contributed by atoms with Crippen LogP contribution >= 0.6 is 0 Å². The normalized spacial score (nSPS) is 29.6. The standard InChI is InChI=1S/C14H20N2O4/c1-9-11(10(2)20-15-9)6-13(18)16-7-12(17)14(8-16)4-3-5-19-14/h12,17H,3-8H2,1-2H3/t12-,14-/m0/s1. The molecule has 2 saturated heterocycles. The second-order valence-corrected chi connectivity index (χ2v) is 5.79. The van der Waals surface area contributed by atoms with Gasteiger partial charge in [-0.3, -0.25) is 4.79 Å². The molecule has 0 saturated carbocycles. The molecule has 6 nitrogen and oxygen atoms in total. The highest BCUT2D eigenvalue weighted by Crippen LogP contribution is 2.35. The molecule has 1 N–H and O–H groups in total. The van der Waals surface area contributed by atoms with Crippen LogP contribution in [0, 0.1) is 13.8 Å². The fourth-order valence-electron chi connectivity index (χ4n) is 3.18. The first-order chi connectivity index (χ1) is 9.52. The van der Waals surface area contributed by atoms with E-state index < -0.39 is 11.7 Å². The van der Waals surface area contributed by atoms with E-state index in [4.69, 9.17) is 9.26 Å². The predicted octanol–water partition coefficient (Wildman–Crippen LogP) is 0.586. The first-order valence-corrected chi connectivity index (χ1v) is 7.03. The molecule has 3 rings (SSSR count). The summed E-state index contributed by atoms with van der Waals surface area (Å²) in [6.45, 7) is 5.14. The van der Waals surface area contributed by atoms with Crippen molar-refractivity contribution in [1.82, 2.24) is 10.1 Å². The highest BCUT2D eigenvalue weighted by atomic mass is 16.5. The summed E-state index contributed by atoms with van der Waals surface area (Å²) in [7, 11) is 0. The lowest BCUT2D eigenvalue weighted by Gasteiger charge is -2.25. The van der Waals surface area contributed by atoms with Crippen molar-refractivity contribution in [3.63, 3.8) is 0 Å². The predicted molar refractivity (Wildman–Crippen MR) is 70.2 cm³/mol. The van der Waals surface area contributed by atoms with Crippen LogP contribution in [0.15, 0.2) is 4.52 Å². The molecule has 2 atom stereocenters. The van der Waals surface area contributed by atoms with Crippen molar-refractivity contribution in [2.45, 2.75) is 44.8 Å². The third kappa shape index (κ3) is 2.13. The molecule has 2 fully saturated rings. The topological polar surface area (TPSA) is 75.8 Å². The summed E-state index contributed by atoms with van der Waals surface area (Å²) in [6, 6.07) is 0. The molecule has 3 heterocycles. The molecule has 0 radical (unpaired) electrons. The van der Waals surface area contributed by atoms with Crippen molar-refractivity contribution in [1.29, 1.82) is 0 Å². The monoisotopic (exact) mass is 280 g/mol. The second-order valence-electron chi connectivity index (χ2n) is 5.79. The number of aryl methyl sites for hydroxylation is 2. The Morgan fingerprint density at radius 3 is 2.95 bits per heavy atom. The number of aliphatic hydroxyl groups is 1. The highest BCUT2D eigenvalue weighted by molar-refractivity contribution is 5.79. The Labute approximate surface area is 117 Å². The molecule has 20 heavy (non-hydrogen) atoms. The molecule has 2 aliphatic heterocycles. The summed E-state index contributed by atoms with van der Waals surface area (Å²) >= 11 is 0. The van der Waals surface area contributed by atoms with Gasteiger partial charge in [0.05, 0.1) is 18.7 Å². The average molecular weight is 280 g/mol. The van der Waals surface area contributed by atoms with Gasteiger partial charge in [-0.25, -0.2) is 0 Å². The number of hydrogen-bond acceptors (Lipinski definition) is 5. The number of hydrogen-bond donors (Lipinski definition) is 1. The van der Waals surface area contributed by atoms with Crippen LogP contribution < -0.4 is 0 Å². The maximum absolute atomic E-state index is 12.4. The molecule has 0 aliphatic carbocycles. The van der Waals surface area contributed by atoms with Crippen LogP contribution in [0.4, 0.5) is 0 Å². The van der Waals surface area contributed by atoms with E-state index in [0.717, 1.165) is 24.1 Å². The minimum atomic E-state index is -0.585. The van der Waals surface area contributed by atoms with Gasteiger partial charge in [-0.15, -0.1) is 0 Å². The Bertz CT molecular complexity index is 500. The van der Waals surface area contributed by atoms with Crippen molar-refractivity contribution < 1.29 is 19.2 Å². The van der Waals surface area contributed by atoms with Gasteiger partial charge >= 0.3 is 0 Å². The number of amides is 1. The van der Waals surface area contributed by atoms with Gasteiger partial charge in [0, 0.05) is 18.7 Å². The van der Waals surface area contributed by atoms with Crippen molar-refractivity contribution in [3.8, 4) is 0 Å². The van der Waals surface area contributed by atoms with Crippen molar-refractivity contribution in [2.24, 2.45) is 0 Å². The Morgan fingerprint density at radius 1 is 1.55 bits per heavy atom. The van der Waals surface area contributed by atoms with Crippen LogP contribution in [0.1, 0.15) is 29.9 Å². The van der Waals surface area contributed by atoms with Crippen LogP contribution in [0.25, 0.3) is 0 Å². The van der Waals surface area contributed by atoms with Crippen LogP contribution in [-0.2, 0) is 16.0 Å². The molecule has 1 aromatic heterocycles. The van der Waals surface area contributed by atoms with Gasteiger partial charge in [-0.2, -0.15) is 0 Å². The molecular formula is C14H20N2O4. The van der Waals surface area contributed by atoms with E-state index in [1.807, 2.05) is 13.8 Å². The minimum absolute atomic E-state index is 0.00850. The molecule has 1 amide bonds. The molecular weight excluding hydrogens is 260 g/mol. The quantitative estimate of drug-likeness (QED) is 0.858. The summed E-state index contributed by atoms with van der Waals surface area (Å²) in [5.41, 5.74) is 1.06. The molecule has 1 spiro atoms. The van der Waals surface area contributed by atoms with Crippen LogP contribution in [0.2, 0.25) is 0 Å². The number of carbonyl (C=O) groups excluding carboxylic acids is 1. The summed E-state index contributed by atoms with van der Waals surface area (Å²) in [6.07, 6.45) is 1.45. The van der Waals surface area contributed by atoms with E-state index in [0.29, 0.717) is 25.5 Å². The zero-order chi connectivity index (χ0) is 14.3. The molecule has 1 aromatic rings. The van der Waals surface area contributed by atoms with E-state index in [1.54, 1.807) is 4.90 Å². The minimum Gasteiger partial charge on any atom is -0.388 e. The van der Waals surface area contributed by atoms with E-state index in [-0.39, 0.29) is 12.3 Å². The zero-order valence-electron chi connectivity index (χ0n) is 11.9. The SMILES string of the molecule is Cc1noc(C)c1CC(=O)N1C[C@H](O)[C@]2(CCCO2)C1. The van der Waals surface area contributed by atoms with Gasteiger partial charge in [-0.1, -0.05) is 5.16 Å². The molecule has 0 unspecified atom stereocenters. The number of ether oxygens (including phenoxy) is 1. The van der Waals surface area contributed by atoms with E-state index >= 15 is 0 Å². The van der Waals surface area contributed by atoms with Gasteiger partial charge < -0.3 is 19.3 Å². The van der Waals surface area contributed by atoms with Crippen molar-refractivity contribution in [3.05, 3.63) is 17.0 Å². The highest BCUT2D eigenvalue weighted by Gasteiger charge is 2.50. The van der Waals surface area contributed by atoms with Gasteiger partial charge in [0.2, 0.25) is 5.91 Å². The van der Waals surface area contributed by atoms with Crippen molar-refractivity contribution in [2.75, 3.05) is 19.7 Å². The largest absolute Gasteiger partial charge is 0.388 e. The molecule has 0 bridgehead atoms. The number of carbonyl (C=O) groups is 1. The smallest absolute Gasteiger partial charge is 0.227 e. The third-order valence-corrected chi connectivity index (χ3v) is 4.45. The second kappa shape index (κ2) is 4.86. The van der Waals surface area contributed by atoms with E-state index in [1.165, 1.54) is 0 Å². The molecule has 0 aromatic carbocycles. The zero-order valence-corrected chi connectivity index (χ0v) is 11.9. The van der Waals surface area contributed by atoms with Crippen LogP contribution in [0.5, 0.6) is 0 Å². The summed E-state index contributed by atoms with van der Waals surface area (Å²) in [5, 5.41) is 14.0. The Hall–Kier alpha value is -1.40. The Balaban J connectivity index is 1.70. The molecule has 110 valence electrons. The summed E-state index contributed by atoms with van der Waals surface area (Å²) in [4.78, 5) is 14.1. The number of aliphatic hydroxyl groups excluding tert-OH is 1. The number of aromatic nitrogens is 1. The Kier molecular flexibility index (Phi) is 3.30. The maximum atomic E-state index is 12.4.